The number of benzene rings is 2. The van der Waals surface area contributed by atoms with Crippen LogP contribution in [0.3, 0.4) is 0 Å². The molecule has 0 spiro atoms. The lowest BCUT2D eigenvalue weighted by molar-refractivity contribution is 0.102. The number of nitrogens with zero attached hydrogens (tertiary/aromatic N) is 1. The zero-order valence-corrected chi connectivity index (χ0v) is 15.9. The molecule has 27 heavy (non-hydrogen) atoms. The van der Waals surface area contributed by atoms with Crippen LogP contribution in [-0.4, -0.2) is 24.6 Å². The summed E-state index contributed by atoms with van der Waals surface area (Å²) in [5.74, 6) is 0.706. The van der Waals surface area contributed by atoms with Crippen LogP contribution in [0.5, 0.6) is 0 Å². The second kappa shape index (κ2) is 9.08. The molecule has 3 rings (SSSR count). The van der Waals surface area contributed by atoms with E-state index < -0.39 is 0 Å². The van der Waals surface area contributed by atoms with Crippen LogP contribution in [-0.2, 0) is 16.1 Å². The van der Waals surface area contributed by atoms with Gasteiger partial charge >= 0.3 is 6.09 Å². The Balaban J connectivity index is 1.81. The topological polar surface area (TPSA) is 38.8 Å². The van der Waals surface area contributed by atoms with Crippen molar-refractivity contribution in [1.82, 2.24) is 4.90 Å². The van der Waals surface area contributed by atoms with Gasteiger partial charge in [-0.05, 0) is 30.9 Å². The number of allylic oxidation sites excluding steroid dienone is 2. The second-order valence-electron chi connectivity index (χ2n) is 6.45. The van der Waals surface area contributed by atoms with Crippen molar-refractivity contribution in [2.24, 2.45) is 0 Å². The molecule has 1 amide bonds. The van der Waals surface area contributed by atoms with Crippen molar-refractivity contribution in [3.8, 4) is 0 Å². The van der Waals surface area contributed by atoms with Gasteiger partial charge in [0.2, 0.25) is 0 Å². The molecule has 0 bridgehead atoms. The minimum Gasteiger partial charge on any atom is -0.494 e. The highest BCUT2D eigenvalue weighted by Gasteiger charge is 2.26. The Hall–Kier alpha value is -3.01. The lowest BCUT2D eigenvalue weighted by Gasteiger charge is -2.29. The van der Waals surface area contributed by atoms with Crippen LogP contribution in [0, 0.1) is 0 Å². The van der Waals surface area contributed by atoms with E-state index in [4.69, 9.17) is 9.47 Å². The van der Waals surface area contributed by atoms with Gasteiger partial charge in [0, 0.05) is 12.1 Å². The molecule has 4 heteroatoms. The van der Waals surface area contributed by atoms with E-state index in [0.29, 0.717) is 12.3 Å². The minimum absolute atomic E-state index is 0.257. The zero-order chi connectivity index (χ0) is 19.1. The third-order valence-corrected chi connectivity index (χ3v) is 4.62. The summed E-state index contributed by atoms with van der Waals surface area (Å²) < 4.78 is 11.3. The van der Waals surface area contributed by atoms with E-state index in [2.05, 4.69) is 6.08 Å². The van der Waals surface area contributed by atoms with E-state index in [-0.39, 0.29) is 12.7 Å². The smallest absolute Gasteiger partial charge is 0.414 e. The van der Waals surface area contributed by atoms with Crippen molar-refractivity contribution in [3.63, 3.8) is 0 Å². The van der Waals surface area contributed by atoms with Crippen LogP contribution < -0.4 is 0 Å². The quantitative estimate of drug-likeness (QED) is 0.670. The fourth-order valence-corrected chi connectivity index (χ4v) is 3.19. The number of carbonyl (C=O) groups excluding carboxylic acids is 1. The Morgan fingerprint density at radius 3 is 2.37 bits per heavy atom. The number of methoxy groups -OCH3 is 1. The summed E-state index contributed by atoms with van der Waals surface area (Å²) in [6, 6.07) is 19.7. The van der Waals surface area contributed by atoms with E-state index in [9.17, 15) is 4.79 Å². The first-order valence-electron chi connectivity index (χ1n) is 9.19. The van der Waals surface area contributed by atoms with Crippen molar-refractivity contribution in [2.75, 3.05) is 13.7 Å². The molecule has 0 saturated carbocycles. The van der Waals surface area contributed by atoms with Crippen molar-refractivity contribution < 1.29 is 14.3 Å². The van der Waals surface area contributed by atoms with Crippen LogP contribution in [0.15, 0.2) is 78.2 Å². The summed E-state index contributed by atoms with van der Waals surface area (Å²) in [6.45, 7) is 2.89. The first kappa shape index (κ1) is 18.8. The van der Waals surface area contributed by atoms with Crippen LogP contribution in [0.2, 0.25) is 0 Å². The van der Waals surface area contributed by atoms with Gasteiger partial charge in [-0.25, -0.2) is 4.79 Å². The summed E-state index contributed by atoms with van der Waals surface area (Å²) >= 11 is 0. The third kappa shape index (κ3) is 4.59. The van der Waals surface area contributed by atoms with E-state index in [1.54, 1.807) is 12.0 Å². The average molecular weight is 363 g/mol. The van der Waals surface area contributed by atoms with Gasteiger partial charge in [0.1, 0.15) is 12.4 Å². The van der Waals surface area contributed by atoms with E-state index in [1.807, 2.05) is 67.6 Å². The van der Waals surface area contributed by atoms with Gasteiger partial charge in [0.25, 0.3) is 0 Å². The average Bonchev–Trinajstić information content (AvgIpc) is 2.74. The Bertz CT molecular complexity index is 825. The molecule has 140 valence electrons. The highest BCUT2D eigenvalue weighted by Crippen LogP contribution is 2.29. The number of rotatable bonds is 5. The first-order valence-corrected chi connectivity index (χ1v) is 9.19. The number of ether oxygens (including phenoxy) is 2. The van der Waals surface area contributed by atoms with Gasteiger partial charge in [0.15, 0.2) is 0 Å². The van der Waals surface area contributed by atoms with E-state index in [1.165, 1.54) is 0 Å². The van der Waals surface area contributed by atoms with Gasteiger partial charge < -0.3 is 9.47 Å². The Kier molecular flexibility index (Phi) is 6.31. The fraction of sp³-hybridized carbons (Fsp3) is 0.261. The lowest BCUT2D eigenvalue weighted by Crippen LogP contribution is -2.35. The standard InChI is InChI=1S/C23H25NO3/c1-18(20-13-7-4-8-14-20)22(26-2)21-15-9-10-16-24(21)23(25)27-17-19-11-5-3-6-12-19/h3-8,11-15H,9-10,16-17H2,1-2H3/b22-18+. The number of carbonyl (C=O) groups is 1. The van der Waals surface area contributed by atoms with Gasteiger partial charge in [-0.3, -0.25) is 4.90 Å². The molecular weight excluding hydrogens is 338 g/mol. The maximum atomic E-state index is 12.7. The lowest BCUT2D eigenvalue weighted by atomic mass is 10.0. The molecular formula is C23H25NO3. The summed E-state index contributed by atoms with van der Waals surface area (Å²) in [5, 5.41) is 0. The van der Waals surface area contributed by atoms with Crippen molar-refractivity contribution in [2.45, 2.75) is 26.4 Å². The van der Waals surface area contributed by atoms with Crippen LogP contribution in [0.1, 0.15) is 30.9 Å². The molecule has 0 radical (unpaired) electrons. The van der Waals surface area contributed by atoms with Gasteiger partial charge in [-0.1, -0.05) is 66.7 Å². The number of hydrogen-bond acceptors (Lipinski definition) is 3. The maximum absolute atomic E-state index is 12.7. The molecule has 0 saturated heterocycles. The highest BCUT2D eigenvalue weighted by molar-refractivity contribution is 5.75. The molecule has 0 N–H and O–H groups in total. The van der Waals surface area contributed by atoms with E-state index >= 15 is 0 Å². The Morgan fingerprint density at radius 1 is 1.04 bits per heavy atom. The fourth-order valence-electron chi connectivity index (χ4n) is 3.19. The Labute approximate surface area is 160 Å². The van der Waals surface area contributed by atoms with Gasteiger partial charge in [-0.15, -0.1) is 0 Å². The minimum atomic E-state index is -0.347. The molecule has 0 aromatic heterocycles. The van der Waals surface area contributed by atoms with Gasteiger partial charge in [-0.2, -0.15) is 0 Å². The maximum Gasteiger partial charge on any atom is 0.414 e. The summed E-state index contributed by atoms with van der Waals surface area (Å²) in [4.78, 5) is 14.4. The first-order chi connectivity index (χ1) is 13.2. The molecule has 1 aliphatic heterocycles. The van der Waals surface area contributed by atoms with Crippen LogP contribution in [0.25, 0.3) is 5.57 Å². The van der Waals surface area contributed by atoms with Crippen LogP contribution >= 0.6 is 0 Å². The molecule has 1 heterocycles. The molecule has 0 fully saturated rings. The number of amides is 1. The largest absolute Gasteiger partial charge is 0.494 e. The van der Waals surface area contributed by atoms with Crippen molar-refractivity contribution >= 4 is 11.7 Å². The summed E-state index contributed by atoms with van der Waals surface area (Å²) in [6.07, 6.45) is 3.52. The SMILES string of the molecule is CO/C(C1=CCCCN1C(=O)OCc1ccccc1)=C(\C)c1ccccc1. The summed E-state index contributed by atoms with van der Waals surface area (Å²) in [7, 11) is 1.64. The normalized spacial score (nSPS) is 14.9. The van der Waals surface area contributed by atoms with E-state index in [0.717, 1.165) is 35.2 Å². The highest BCUT2D eigenvalue weighted by atomic mass is 16.6. The third-order valence-electron chi connectivity index (χ3n) is 4.62. The van der Waals surface area contributed by atoms with Gasteiger partial charge in [0.05, 0.1) is 12.8 Å². The molecule has 2 aromatic rings. The van der Waals surface area contributed by atoms with Crippen LogP contribution in [0.4, 0.5) is 4.79 Å². The predicted molar refractivity (Wildman–Crippen MR) is 107 cm³/mol. The monoisotopic (exact) mass is 363 g/mol. The molecule has 0 atom stereocenters. The number of hydrogen-bond donors (Lipinski definition) is 0. The molecule has 0 aliphatic carbocycles. The second-order valence-corrected chi connectivity index (χ2v) is 6.45. The zero-order valence-electron chi connectivity index (χ0n) is 15.9. The summed E-state index contributed by atoms with van der Waals surface area (Å²) in [5.41, 5.74) is 3.81. The molecule has 1 aliphatic rings. The molecule has 0 unspecified atom stereocenters. The molecule has 2 aromatic carbocycles. The van der Waals surface area contributed by atoms with Crippen molar-refractivity contribution in [1.29, 1.82) is 0 Å². The Morgan fingerprint density at radius 2 is 1.70 bits per heavy atom. The predicted octanol–water partition coefficient (Wildman–Crippen LogP) is 5.38. The molecule has 4 nitrogen and oxygen atoms in total. The van der Waals surface area contributed by atoms with Crippen molar-refractivity contribution in [3.05, 3.63) is 89.3 Å².